The van der Waals surface area contributed by atoms with Crippen molar-refractivity contribution in [2.45, 2.75) is 256 Å². The molecule has 5 N–H and O–H groups in total. The summed E-state index contributed by atoms with van der Waals surface area (Å²) in [6.07, 6.45) is 28.9. The highest BCUT2D eigenvalue weighted by atomic mass is 32.2. The molecule has 27 nitrogen and oxygen atoms in total. The van der Waals surface area contributed by atoms with E-state index < -0.39 is 41.8 Å². The van der Waals surface area contributed by atoms with Crippen LogP contribution < -0.4 is 14.7 Å². The van der Waals surface area contributed by atoms with E-state index in [0.717, 1.165) is 246 Å². The molecule has 3 saturated heterocycles. The van der Waals surface area contributed by atoms with Gasteiger partial charge in [0.2, 0.25) is 17.7 Å². The van der Waals surface area contributed by atoms with Crippen molar-refractivity contribution in [2.24, 2.45) is 0 Å². The fourth-order valence-electron chi connectivity index (χ4n) is 20.7. The largest absolute Gasteiger partial charge is 0.397 e. The van der Waals surface area contributed by atoms with Crippen LogP contribution in [0.25, 0.3) is 66.9 Å². The highest BCUT2D eigenvalue weighted by molar-refractivity contribution is 7.86. The normalized spacial score (nSPS) is 19.5. The molecular weight excluding hydrogens is 1630 g/mol. The van der Waals surface area contributed by atoms with Crippen molar-refractivity contribution in [3.8, 4) is 34.2 Å². The molecule has 0 bridgehead atoms. The van der Waals surface area contributed by atoms with E-state index in [1.54, 1.807) is 11.8 Å². The molecule has 5 aliphatic carbocycles. The summed E-state index contributed by atoms with van der Waals surface area (Å²) >= 11 is 0. The molecule has 2 saturated carbocycles. The Morgan fingerprint density at radius 1 is 0.496 bits per heavy atom. The third kappa shape index (κ3) is 18.2. The summed E-state index contributed by atoms with van der Waals surface area (Å²) in [7, 11) is -9.81. The molecule has 0 unspecified atom stereocenters. The lowest BCUT2D eigenvalue weighted by Crippen LogP contribution is -2.49. The summed E-state index contributed by atoms with van der Waals surface area (Å²) in [5.74, 6) is 0.419. The van der Waals surface area contributed by atoms with Gasteiger partial charge in [-0.25, -0.2) is 9.36 Å². The molecule has 6 aromatic heterocycles. The SMILES string of the molecule is C1CCOC1.CCN1C(=O)C(CCOS(C)(=O)=O)(CCOS(C)(=O)=O)c2cc3[nH]c4c(c3cc21)CCCc1cn(COCC[Si](C)(C)C)nc1-4.CCN1C(=O)C2(CCN(C3CC3)CC2)c2cc3[nH]c4c(c3cc21)CCCc1cn(COCC[Si](C)(C)C)nc1-4.CCN1C(=O)C2(CCN(C3CC3)CC2)c2cc3[nH]c4c(c3cc21)CCCc1cn[nH]c1-4.CCO. The molecule has 5 fully saturated rings. The molecule has 31 heteroatoms. The van der Waals surface area contributed by atoms with Gasteiger partial charge in [-0.05, 0) is 287 Å². The van der Waals surface area contributed by atoms with E-state index in [0.29, 0.717) is 44.0 Å². The maximum absolute atomic E-state index is 14.1. The number of anilines is 3. The molecule has 3 aromatic carbocycles. The smallest absolute Gasteiger partial charge is 0.264 e. The molecule has 666 valence electrons. The molecule has 123 heavy (non-hydrogen) atoms. The Kier molecular flexibility index (Phi) is 25.9. The highest BCUT2D eigenvalue weighted by Crippen LogP contribution is 2.55. The van der Waals surface area contributed by atoms with Crippen LogP contribution in [0.3, 0.4) is 0 Å². The zero-order valence-corrected chi connectivity index (χ0v) is 78.2. The van der Waals surface area contributed by atoms with E-state index in [-0.39, 0.29) is 49.4 Å². The molecule has 20 rings (SSSR count). The number of rotatable bonds is 23. The average Bonchev–Trinajstić information content (AvgIpc) is 1.56. The molecule has 0 radical (unpaired) electrons. The van der Waals surface area contributed by atoms with Gasteiger partial charge in [0.1, 0.15) is 24.8 Å². The minimum absolute atomic E-state index is 0.0354. The fourth-order valence-corrected chi connectivity index (χ4v) is 23.0. The highest BCUT2D eigenvalue weighted by Gasteiger charge is 2.56. The Bertz CT molecular complexity index is 5580. The topological polar surface area (TPSA) is 314 Å². The Morgan fingerprint density at radius 3 is 1.26 bits per heavy atom. The number of fused-ring (bicyclic) bond motifs is 20. The van der Waals surface area contributed by atoms with Gasteiger partial charge < -0.3 is 58.8 Å². The molecule has 6 aliphatic heterocycles. The Hall–Kier alpha value is -7.67. The molecular formula is C92H130N14O13S2Si2. The first-order chi connectivity index (χ1) is 58.9. The maximum Gasteiger partial charge on any atom is 0.264 e. The number of piperidine rings is 2. The summed E-state index contributed by atoms with van der Waals surface area (Å²) in [5.41, 5.74) is 21.4. The zero-order valence-electron chi connectivity index (χ0n) is 74.6. The number of likely N-dealkylation sites (N-methyl/N-ethyl adjacent to an activating group) is 3. The van der Waals surface area contributed by atoms with Crippen molar-refractivity contribution < 1.29 is 58.9 Å². The van der Waals surface area contributed by atoms with Crippen LogP contribution in [0, 0.1) is 0 Å². The van der Waals surface area contributed by atoms with Crippen molar-refractivity contribution in [3.63, 3.8) is 0 Å². The third-order valence-corrected chi connectivity index (χ3v) is 32.1. The summed E-state index contributed by atoms with van der Waals surface area (Å²) in [6, 6.07) is 17.1. The second-order valence-corrected chi connectivity index (χ2v) is 52.9. The van der Waals surface area contributed by atoms with Crippen LogP contribution in [0.4, 0.5) is 17.1 Å². The van der Waals surface area contributed by atoms with E-state index in [4.69, 9.17) is 37.9 Å². The molecule has 3 amide bonds. The van der Waals surface area contributed by atoms with E-state index >= 15 is 0 Å². The number of H-pyrrole nitrogens is 4. The summed E-state index contributed by atoms with van der Waals surface area (Å²) < 4.78 is 78.1. The van der Waals surface area contributed by atoms with E-state index in [1.807, 2.05) is 34.6 Å². The monoisotopic (exact) mass is 1760 g/mol. The lowest BCUT2D eigenvalue weighted by molar-refractivity contribution is -0.125. The van der Waals surface area contributed by atoms with Gasteiger partial charge in [0.25, 0.3) is 20.2 Å². The van der Waals surface area contributed by atoms with Gasteiger partial charge in [0, 0.05) is 143 Å². The van der Waals surface area contributed by atoms with Gasteiger partial charge in [0.15, 0.2) is 0 Å². The van der Waals surface area contributed by atoms with Gasteiger partial charge in [-0.2, -0.15) is 32.1 Å². The number of carbonyl (C=O) groups is 3. The number of aromatic nitrogens is 9. The number of aromatic amines is 4. The minimum Gasteiger partial charge on any atom is -0.397 e. The van der Waals surface area contributed by atoms with Gasteiger partial charge in [-0.1, -0.05) is 39.3 Å². The predicted octanol–water partition coefficient (Wildman–Crippen LogP) is 14.6. The lowest BCUT2D eigenvalue weighted by atomic mass is 9.73. The van der Waals surface area contributed by atoms with Crippen molar-refractivity contribution in [1.82, 2.24) is 54.5 Å². The standard InChI is InChI=1S/C31H43N5O2Si.C30H44N4O8S2Si.C25H29N5O.C4H8O.C2H6O/c1-5-36-27-17-24-23-8-6-7-21-19-35(20-38-15-16-39(2,3)4)33-28(21)29(23)32-26(24)18-25(27)31(30(36)37)11-13-34(14-12-31)22-9-10-22;1-7-34-26-17-23-22-10-8-9-21-19-33(20-40-15-16-45(4,5)6)32-27(21)28(22)31-25(23)18-24(26)30(29(34)35,11-13-41-43(2,36)37)12-14-42-44(3,38)39;1-2-30-21-12-18-17-5-3-4-15-14-26-28-22(15)23(17)27-20(18)13-19(21)25(24(30)31)8-10-29(11-9-25)16-6-7-16;1-2-4-5-3-1;1-2-3/h17-19,22,32H,5-16,20H2,1-4H3;17-19,31H,7-16,20H2,1-6H3;12-14,16,27H,2-11H2,1H3,(H,26,28);1-4H2;3H,2H2,1H3. The second kappa shape index (κ2) is 35.9. The Balaban J connectivity index is 0.000000132. The number of ether oxygens (including phenoxy) is 3. The van der Waals surface area contributed by atoms with Crippen molar-refractivity contribution in [2.75, 3.05) is 119 Å². The number of hydrogen-bond acceptors (Lipinski definition) is 18. The number of nitrogens with zero attached hydrogens (tertiary/aromatic N) is 10. The number of likely N-dealkylation sites (tertiary alicyclic amines) is 2. The van der Waals surface area contributed by atoms with Crippen LogP contribution in [0.1, 0.15) is 174 Å². The first-order valence-electron chi connectivity index (χ1n) is 45.6. The predicted molar refractivity (Wildman–Crippen MR) is 490 cm³/mol. The van der Waals surface area contributed by atoms with Crippen molar-refractivity contribution in [1.29, 1.82) is 0 Å². The molecule has 11 aliphatic rings. The fraction of sp³-hybridized carbons (Fsp3) is 0.609. The van der Waals surface area contributed by atoms with E-state index in [1.165, 1.54) is 99.9 Å². The average molecular weight is 1760 g/mol. The number of amides is 3. The van der Waals surface area contributed by atoms with Crippen LogP contribution in [0.15, 0.2) is 55.0 Å². The molecule has 0 atom stereocenters. The first kappa shape index (κ1) is 88.8. The minimum atomic E-state index is -3.76. The second-order valence-electron chi connectivity index (χ2n) is 38.4. The van der Waals surface area contributed by atoms with Gasteiger partial charge in [-0.15, -0.1) is 0 Å². The first-order valence-corrected chi connectivity index (χ1v) is 56.6. The number of aliphatic hydroxyl groups excluding tert-OH is 1. The van der Waals surface area contributed by atoms with Crippen LogP contribution in [0.5, 0.6) is 0 Å². The number of hydrogen-bond donors (Lipinski definition) is 5. The number of benzene rings is 3. The molecule has 9 aromatic rings. The van der Waals surface area contributed by atoms with E-state index in [9.17, 15) is 31.2 Å². The summed E-state index contributed by atoms with van der Waals surface area (Å²) in [5, 5.41) is 28.6. The van der Waals surface area contributed by atoms with Crippen LogP contribution in [-0.4, -0.2) is 227 Å². The molecule has 12 heterocycles. The van der Waals surface area contributed by atoms with Crippen LogP contribution in [-0.2, 0) is 125 Å². The third-order valence-electron chi connectivity index (χ3n) is 27.5. The van der Waals surface area contributed by atoms with Gasteiger partial charge in [-0.3, -0.25) is 27.8 Å². The maximum atomic E-state index is 14.1. The summed E-state index contributed by atoms with van der Waals surface area (Å²) in [6.45, 7) is 32.1. The van der Waals surface area contributed by atoms with Crippen molar-refractivity contribution >= 4 is 104 Å². The van der Waals surface area contributed by atoms with Gasteiger partial charge in [0.05, 0.1) is 70.9 Å². The zero-order chi connectivity index (χ0) is 86.7. The Labute approximate surface area is 727 Å². The van der Waals surface area contributed by atoms with Crippen molar-refractivity contribution in [3.05, 3.63) is 105 Å². The Morgan fingerprint density at radius 2 is 0.878 bits per heavy atom. The van der Waals surface area contributed by atoms with Gasteiger partial charge >= 0.3 is 0 Å². The van der Waals surface area contributed by atoms with Crippen LogP contribution in [0.2, 0.25) is 51.4 Å². The van der Waals surface area contributed by atoms with E-state index in [2.05, 4.69) is 135 Å². The number of aliphatic hydroxyl groups is 1. The molecule has 2 spiro atoms. The lowest BCUT2D eigenvalue weighted by Gasteiger charge is -2.38. The quantitative estimate of drug-likeness (QED) is 0.0226. The summed E-state index contributed by atoms with van der Waals surface area (Å²) in [4.78, 5) is 63.9. The number of aryl methyl sites for hydroxylation is 6. The number of carbonyl (C=O) groups excluding carboxylic acids is 3. The van der Waals surface area contributed by atoms with Crippen LogP contribution >= 0.6 is 0 Å². The number of nitrogens with one attached hydrogen (secondary N) is 4.